The van der Waals surface area contributed by atoms with Crippen LogP contribution in [0.3, 0.4) is 0 Å². The quantitative estimate of drug-likeness (QED) is 0.586. The van der Waals surface area contributed by atoms with E-state index in [-0.39, 0.29) is 0 Å². The molecular formula is C7H13N3. The molecule has 0 aromatic rings. The highest BCUT2D eigenvalue weighted by atomic mass is 15.7. The smallest absolute Gasteiger partial charge is 0.0508 e. The minimum atomic E-state index is 0.536. The van der Waals surface area contributed by atoms with Crippen LogP contribution in [0.2, 0.25) is 0 Å². The van der Waals surface area contributed by atoms with Crippen molar-refractivity contribution in [3.8, 4) is 0 Å². The molecule has 0 spiro atoms. The zero-order valence-electron chi connectivity index (χ0n) is 6.63. The van der Waals surface area contributed by atoms with Crippen molar-refractivity contribution in [1.82, 2.24) is 10.5 Å². The summed E-state index contributed by atoms with van der Waals surface area (Å²) in [6.45, 7) is 4.29. The van der Waals surface area contributed by atoms with E-state index < -0.39 is 0 Å². The molecule has 1 aliphatic heterocycles. The fourth-order valence-electron chi connectivity index (χ4n) is 0.788. The summed E-state index contributed by atoms with van der Waals surface area (Å²) in [5.74, 6) is 0.536. The summed E-state index contributed by atoms with van der Waals surface area (Å²) < 4.78 is 0. The third kappa shape index (κ3) is 1.50. The summed E-state index contributed by atoms with van der Waals surface area (Å²) in [5, 5.41) is 5.69. The molecule has 0 atom stereocenters. The van der Waals surface area contributed by atoms with E-state index in [1.807, 2.05) is 13.1 Å². The zero-order valence-corrected chi connectivity index (χ0v) is 6.63. The van der Waals surface area contributed by atoms with Crippen molar-refractivity contribution >= 4 is 6.21 Å². The van der Waals surface area contributed by atoms with Crippen LogP contribution in [0.5, 0.6) is 0 Å². The predicted octanol–water partition coefficient (Wildman–Crippen LogP) is 0.962. The molecule has 3 heteroatoms. The van der Waals surface area contributed by atoms with Crippen LogP contribution in [0.1, 0.15) is 13.8 Å². The lowest BCUT2D eigenvalue weighted by atomic mass is 10.1. The van der Waals surface area contributed by atoms with E-state index in [1.165, 1.54) is 5.70 Å². The molecule has 3 nitrogen and oxygen atoms in total. The first-order valence-corrected chi connectivity index (χ1v) is 3.44. The molecule has 56 valence electrons. The maximum Gasteiger partial charge on any atom is 0.0508 e. The van der Waals surface area contributed by atoms with Gasteiger partial charge in [-0.2, -0.15) is 5.10 Å². The highest BCUT2D eigenvalue weighted by molar-refractivity contribution is 5.72. The predicted molar refractivity (Wildman–Crippen MR) is 42.3 cm³/mol. The minimum absolute atomic E-state index is 0.536. The Bertz CT molecular complexity index is 170. The van der Waals surface area contributed by atoms with E-state index >= 15 is 0 Å². The Balaban J connectivity index is 2.61. The van der Waals surface area contributed by atoms with E-state index in [0.29, 0.717) is 5.92 Å². The van der Waals surface area contributed by atoms with Crippen molar-refractivity contribution in [3.05, 3.63) is 11.8 Å². The van der Waals surface area contributed by atoms with Crippen LogP contribution in [-0.2, 0) is 0 Å². The van der Waals surface area contributed by atoms with Gasteiger partial charge in [0.1, 0.15) is 0 Å². The molecule has 1 rings (SSSR count). The molecule has 1 heterocycles. The van der Waals surface area contributed by atoms with E-state index in [9.17, 15) is 0 Å². The van der Waals surface area contributed by atoms with Crippen LogP contribution in [0.4, 0.5) is 0 Å². The molecule has 0 radical (unpaired) electrons. The van der Waals surface area contributed by atoms with Crippen LogP contribution >= 0.6 is 0 Å². The average molecular weight is 139 g/mol. The minimum Gasteiger partial charge on any atom is -0.287 e. The number of nitrogens with zero attached hydrogens (tertiary/aromatic N) is 2. The molecule has 0 aromatic heterocycles. The normalized spacial score (nSPS) is 17.2. The molecule has 0 aliphatic carbocycles. The number of nitrogens with one attached hydrogen (secondary N) is 1. The number of hydrogen-bond acceptors (Lipinski definition) is 3. The molecule has 1 N–H and O–H groups in total. The van der Waals surface area contributed by atoms with E-state index in [2.05, 4.69) is 24.4 Å². The lowest BCUT2D eigenvalue weighted by molar-refractivity contribution is 0.264. The van der Waals surface area contributed by atoms with Crippen LogP contribution in [0.25, 0.3) is 0 Å². The van der Waals surface area contributed by atoms with E-state index in [1.54, 1.807) is 11.3 Å². The molecule has 0 unspecified atom stereocenters. The summed E-state index contributed by atoms with van der Waals surface area (Å²) in [6.07, 6.45) is 3.79. The second-order valence-corrected chi connectivity index (χ2v) is 2.68. The summed E-state index contributed by atoms with van der Waals surface area (Å²) in [7, 11) is 1.88. The lowest BCUT2D eigenvalue weighted by Crippen LogP contribution is -2.33. The van der Waals surface area contributed by atoms with Crippen LogP contribution < -0.4 is 5.43 Å². The summed E-state index contributed by atoms with van der Waals surface area (Å²) >= 11 is 0. The van der Waals surface area contributed by atoms with Gasteiger partial charge in [0.05, 0.1) is 6.21 Å². The van der Waals surface area contributed by atoms with E-state index in [0.717, 1.165) is 0 Å². The molecule has 0 aromatic carbocycles. The molecule has 10 heavy (non-hydrogen) atoms. The maximum atomic E-state index is 3.98. The maximum absolute atomic E-state index is 3.98. The zero-order chi connectivity index (χ0) is 7.56. The van der Waals surface area contributed by atoms with Gasteiger partial charge in [0, 0.05) is 12.7 Å². The van der Waals surface area contributed by atoms with Gasteiger partial charge in [-0.05, 0) is 12.0 Å². The second kappa shape index (κ2) is 2.73. The molecule has 0 saturated carbocycles. The largest absolute Gasteiger partial charge is 0.287 e. The summed E-state index contributed by atoms with van der Waals surface area (Å²) in [4.78, 5) is 0. The number of allylic oxidation sites excluding steroid dienone is 2. The topological polar surface area (TPSA) is 27.6 Å². The highest BCUT2D eigenvalue weighted by Gasteiger charge is 2.05. The monoisotopic (exact) mass is 139 g/mol. The van der Waals surface area contributed by atoms with Gasteiger partial charge in [-0.25, -0.2) is 5.12 Å². The third-order valence-corrected chi connectivity index (χ3v) is 1.41. The Morgan fingerprint density at radius 1 is 1.60 bits per heavy atom. The fourth-order valence-corrected chi connectivity index (χ4v) is 0.788. The highest BCUT2D eigenvalue weighted by Crippen LogP contribution is 2.07. The first-order valence-electron chi connectivity index (χ1n) is 3.44. The molecule has 0 fully saturated rings. The summed E-state index contributed by atoms with van der Waals surface area (Å²) in [6, 6.07) is 0. The average Bonchev–Trinajstić information content (AvgIpc) is 1.88. The van der Waals surface area contributed by atoms with Gasteiger partial charge >= 0.3 is 0 Å². The Hall–Kier alpha value is -0.990. The van der Waals surface area contributed by atoms with Crippen molar-refractivity contribution in [1.29, 1.82) is 0 Å². The summed E-state index contributed by atoms with van der Waals surface area (Å²) in [5.41, 5.74) is 4.32. The number of hydrogen-bond donors (Lipinski definition) is 1. The van der Waals surface area contributed by atoms with E-state index in [4.69, 9.17) is 0 Å². The number of hydrazone groups is 1. The van der Waals surface area contributed by atoms with Crippen LogP contribution in [0, 0.1) is 5.92 Å². The van der Waals surface area contributed by atoms with Crippen LogP contribution in [0.15, 0.2) is 16.9 Å². The van der Waals surface area contributed by atoms with Gasteiger partial charge in [0.2, 0.25) is 0 Å². The van der Waals surface area contributed by atoms with Gasteiger partial charge in [-0.3, -0.25) is 5.43 Å². The molecule has 1 aliphatic rings. The standard InChI is InChI=1S/C7H13N3/c1-6(2)7-4-5-8-10(3)9-7/h4-6,9H,1-3H3. The molecule has 0 bridgehead atoms. The molecule has 0 saturated heterocycles. The van der Waals surface area contributed by atoms with Crippen molar-refractivity contribution < 1.29 is 0 Å². The SMILES string of the molecule is CC(C)C1=CC=NN(C)N1. The fraction of sp³-hybridized carbons (Fsp3) is 0.571. The Kier molecular flexibility index (Phi) is 1.94. The van der Waals surface area contributed by atoms with Gasteiger partial charge in [0.15, 0.2) is 0 Å². The number of rotatable bonds is 1. The number of hydrazine groups is 1. The van der Waals surface area contributed by atoms with Crippen molar-refractivity contribution in [2.24, 2.45) is 11.0 Å². The lowest BCUT2D eigenvalue weighted by Gasteiger charge is -2.22. The van der Waals surface area contributed by atoms with Crippen molar-refractivity contribution in [2.75, 3.05) is 7.05 Å². The van der Waals surface area contributed by atoms with Gasteiger partial charge in [-0.1, -0.05) is 13.8 Å². The Labute approximate surface area is 61.4 Å². The second-order valence-electron chi connectivity index (χ2n) is 2.68. The molecule has 0 amide bonds. The Morgan fingerprint density at radius 3 is 2.70 bits per heavy atom. The van der Waals surface area contributed by atoms with Crippen LogP contribution in [-0.4, -0.2) is 18.4 Å². The Morgan fingerprint density at radius 2 is 2.30 bits per heavy atom. The van der Waals surface area contributed by atoms with Gasteiger partial charge in [-0.15, -0.1) is 0 Å². The first kappa shape index (κ1) is 7.12. The first-order chi connectivity index (χ1) is 4.70. The van der Waals surface area contributed by atoms with Crippen molar-refractivity contribution in [3.63, 3.8) is 0 Å². The van der Waals surface area contributed by atoms with Crippen molar-refractivity contribution in [2.45, 2.75) is 13.8 Å². The van der Waals surface area contributed by atoms with Gasteiger partial charge in [0.25, 0.3) is 0 Å². The van der Waals surface area contributed by atoms with Gasteiger partial charge < -0.3 is 0 Å². The molecular weight excluding hydrogens is 126 g/mol. The third-order valence-electron chi connectivity index (χ3n) is 1.41.